The molecule has 0 bridgehead atoms. The van der Waals surface area contributed by atoms with Crippen LogP contribution in [-0.2, 0) is 9.59 Å². The molecule has 1 heterocycles. The van der Waals surface area contributed by atoms with Crippen molar-refractivity contribution >= 4 is 23.5 Å². The minimum absolute atomic E-state index is 0.00338. The topological polar surface area (TPSA) is 81.8 Å². The van der Waals surface area contributed by atoms with Gasteiger partial charge in [0.2, 0.25) is 11.8 Å². The molecule has 0 aliphatic carbocycles. The molecule has 0 spiro atoms. The Labute approximate surface area is 146 Å². The first-order valence-corrected chi connectivity index (χ1v) is 8.27. The Kier molecular flexibility index (Phi) is 6.32. The highest BCUT2D eigenvalue weighted by Gasteiger charge is 2.28. The summed E-state index contributed by atoms with van der Waals surface area (Å²) in [7, 11) is 0. The summed E-state index contributed by atoms with van der Waals surface area (Å²) in [4.78, 5) is 39.0. The Hall–Kier alpha value is -2.64. The van der Waals surface area contributed by atoms with Crippen LogP contribution in [0.1, 0.15) is 20.3 Å². The SMILES string of the molecule is CC[C@@H](C)NC(=O)CN1CCN(C(=O)Nc2ccc(F)cc2)CC1=O. The predicted octanol–water partition coefficient (Wildman–Crippen LogP) is 1.42. The largest absolute Gasteiger partial charge is 0.352 e. The van der Waals surface area contributed by atoms with Crippen molar-refractivity contribution < 1.29 is 18.8 Å². The van der Waals surface area contributed by atoms with Crippen molar-refractivity contribution in [3.05, 3.63) is 30.1 Å². The fourth-order valence-electron chi connectivity index (χ4n) is 2.38. The van der Waals surface area contributed by atoms with Crippen LogP contribution in [0.25, 0.3) is 0 Å². The molecular weight excluding hydrogens is 327 g/mol. The van der Waals surface area contributed by atoms with Crippen LogP contribution in [-0.4, -0.2) is 59.9 Å². The molecular formula is C17H23FN4O3. The number of hydrogen-bond donors (Lipinski definition) is 2. The van der Waals surface area contributed by atoms with Crippen LogP contribution in [0.4, 0.5) is 14.9 Å². The van der Waals surface area contributed by atoms with Crippen molar-refractivity contribution in [2.24, 2.45) is 0 Å². The zero-order chi connectivity index (χ0) is 18.4. The third-order valence-electron chi connectivity index (χ3n) is 4.06. The molecule has 136 valence electrons. The average molecular weight is 350 g/mol. The number of nitrogens with zero attached hydrogens (tertiary/aromatic N) is 2. The molecule has 7 nitrogen and oxygen atoms in total. The summed E-state index contributed by atoms with van der Waals surface area (Å²) in [5.41, 5.74) is 0.453. The van der Waals surface area contributed by atoms with E-state index in [9.17, 15) is 18.8 Å². The number of urea groups is 1. The first-order valence-electron chi connectivity index (χ1n) is 8.27. The van der Waals surface area contributed by atoms with Gasteiger partial charge in [-0.3, -0.25) is 9.59 Å². The van der Waals surface area contributed by atoms with Crippen LogP contribution >= 0.6 is 0 Å². The fourth-order valence-corrected chi connectivity index (χ4v) is 2.38. The van der Waals surface area contributed by atoms with E-state index in [2.05, 4.69) is 10.6 Å². The monoisotopic (exact) mass is 350 g/mol. The molecule has 0 radical (unpaired) electrons. The molecule has 1 atom stereocenters. The summed E-state index contributed by atoms with van der Waals surface area (Å²) in [6.07, 6.45) is 0.816. The second kappa shape index (κ2) is 8.46. The van der Waals surface area contributed by atoms with E-state index in [4.69, 9.17) is 0 Å². The van der Waals surface area contributed by atoms with E-state index in [1.165, 1.54) is 34.1 Å². The average Bonchev–Trinajstić information content (AvgIpc) is 2.58. The predicted molar refractivity (Wildman–Crippen MR) is 91.5 cm³/mol. The van der Waals surface area contributed by atoms with Gasteiger partial charge in [-0.25, -0.2) is 9.18 Å². The van der Waals surface area contributed by atoms with Gasteiger partial charge in [-0.2, -0.15) is 0 Å². The van der Waals surface area contributed by atoms with Crippen LogP contribution in [0.5, 0.6) is 0 Å². The molecule has 1 aromatic rings. The van der Waals surface area contributed by atoms with Crippen LogP contribution in [0.2, 0.25) is 0 Å². The number of piperazine rings is 1. The number of nitrogens with one attached hydrogen (secondary N) is 2. The lowest BCUT2D eigenvalue weighted by Gasteiger charge is -2.34. The van der Waals surface area contributed by atoms with Crippen LogP contribution in [0, 0.1) is 5.82 Å². The van der Waals surface area contributed by atoms with Gasteiger partial charge in [0.25, 0.3) is 0 Å². The molecule has 2 N–H and O–H groups in total. The Morgan fingerprint density at radius 3 is 2.52 bits per heavy atom. The number of anilines is 1. The van der Waals surface area contributed by atoms with Gasteiger partial charge < -0.3 is 20.4 Å². The first-order chi connectivity index (χ1) is 11.9. The van der Waals surface area contributed by atoms with Crippen molar-refractivity contribution in [2.75, 3.05) is 31.5 Å². The zero-order valence-electron chi connectivity index (χ0n) is 14.4. The summed E-state index contributed by atoms with van der Waals surface area (Å²) in [6.45, 7) is 4.39. The first kappa shape index (κ1) is 18.7. The molecule has 0 aromatic heterocycles. The maximum atomic E-state index is 12.9. The Bertz CT molecular complexity index is 635. The van der Waals surface area contributed by atoms with Gasteiger partial charge in [0.1, 0.15) is 12.4 Å². The lowest BCUT2D eigenvalue weighted by molar-refractivity contribution is -0.139. The maximum Gasteiger partial charge on any atom is 0.322 e. The second-order valence-electron chi connectivity index (χ2n) is 6.05. The normalized spacial score (nSPS) is 15.7. The third kappa shape index (κ3) is 5.44. The Balaban J connectivity index is 1.84. The highest BCUT2D eigenvalue weighted by molar-refractivity contribution is 5.94. The highest BCUT2D eigenvalue weighted by Crippen LogP contribution is 2.11. The van der Waals surface area contributed by atoms with E-state index in [0.717, 1.165) is 6.42 Å². The molecule has 0 unspecified atom stereocenters. The van der Waals surface area contributed by atoms with Gasteiger partial charge in [0.15, 0.2) is 0 Å². The molecule has 1 fully saturated rings. The molecule has 4 amide bonds. The molecule has 25 heavy (non-hydrogen) atoms. The van der Waals surface area contributed by atoms with Gasteiger partial charge in [-0.15, -0.1) is 0 Å². The van der Waals surface area contributed by atoms with Crippen LogP contribution < -0.4 is 10.6 Å². The number of carbonyl (C=O) groups excluding carboxylic acids is 3. The van der Waals surface area contributed by atoms with E-state index in [0.29, 0.717) is 18.8 Å². The van der Waals surface area contributed by atoms with Crippen molar-refractivity contribution in [3.8, 4) is 0 Å². The Morgan fingerprint density at radius 2 is 1.92 bits per heavy atom. The van der Waals surface area contributed by atoms with Gasteiger partial charge >= 0.3 is 6.03 Å². The minimum Gasteiger partial charge on any atom is -0.352 e. The summed E-state index contributed by atoms with van der Waals surface area (Å²) < 4.78 is 12.9. The number of carbonyl (C=O) groups is 3. The molecule has 1 aliphatic heterocycles. The number of halogens is 1. The molecule has 1 saturated heterocycles. The van der Waals surface area contributed by atoms with E-state index in [-0.39, 0.29) is 30.9 Å². The van der Waals surface area contributed by atoms with Crippen molar-refractivity contribution in [3.63, 3.8) is 0 Å². The van der Waals surface area contributed by atoms with Gasteiger partial charge in [0.05, 0.1) is 6.54 Å². The highest BCUT2D eigenvalue weighted by atomic mass is 19.1. The lowest BCUT2D eigenvalue weighted by atomic mass is 10.2. The van der Waals surface area contributed by atoms with Crippen molar-refractivity contribution in [1.82, 2.24) is 15.1 Å². The fraction of sp³-hybridized carbons (Fsp3) is 0.471. The van der Waals surface area contributed by atoms with Crippen molar-refractivity contribution in [2.45, 2.75) is 26.3 Å². The van der Waals surface area contributed by atoms with Gasteiger partial charge in [-0.1, -0.05) is 6.92 Å². The maximum absolute atomic E-state index is 12.9. The van der Waals surface area contributed by atoms with E-state index < -0.39 is 11.8 Å². The Morgan fingerprint density at radius 1 is 1.24 bits per heavy atom. The van der Waals surface area contributed by atoms with E-state index in [1.807, 2.05) is 13.8 Å². The summed E-state index contributed by atoms with van der Waals surface area (Å²) in [6, 6.07) is 5.02. The number of hydrogen-bond acceptors (Lipinski definition) is 3. The summed E-state index contributed by atoms with van der Waals surface area (Å²) in [5.74, 6) is -0.871. The van der Waals surface area contributed by atoms with Gasteiger partial charge in [-0.05, 0) is 37.6 Å². The van der Waals surface area contributed by atoms with E-state index in [1.54, 1.807) is 0 Å². The number of rotatable bonds is 5. The molecule has 0 saturated carbocycles. The molecule has 2 rings (SSSR count). The summed E-state index contributed by atoms with van der Waals surface area (Å²) >= 11 is 0. The molecule has 1 aromatic carbocycles. The smallest absolute Gasteiger partial charge is 0.322 e. The van der Waals surface area contributed by atoms with Crippen LogP contribution in [0.3, 0.4) is 0 Å². The quantitative estimate of drug-likeness (QED) is 0.843. The third-order valence-corrected chi connectivity index (χ3v) is 4.06. The van der Waals surface area contributed by atoms with E-state index >= 15 is 0 Å². The van der Waals surface area contributed by atoms with Gasteiger partial charge in [0, 0.05) is 24.8 Å². The minimum atomic E-state index is -0.427. The lowest BCUT2D eigenvalue weighted by Crippen LogP contribution is -2.55. The number of amides is 4. The standard InChI is InChI=1S/C17H23FN4O3/c1-3-12(2)19-15(23)10-21-8-9-22(11-16(21)24)17(25)20-14-6-4-13(18)5-7-14/h4-7,12H,3,8-11H2,1-2H3,(H,19,23)(H,20,25)/t12-/m1/s1. The zero-order valence-corrected chi connectivity index (χ0v) is 14.4. The molecule has 1 aliphatic rings. The summed E-state index contributed by atoms with van der Waals surface area (Å²) in [5, 5.41) is 5.43. The van der Waals surface area contributed by atoms with Crippen LogP contribution in [0.15, 0.2) is 24.3 Å². The van der Waals surface area contributed by atoms with Crippen molar-refractivity contribution in [1.29, 1.82) is 0 Å². The molecule has 8 heteroatoms. The second-order valence-corrected chi connectivity index (χ2v) is 6.05. The number of benzene rings is 1.